The number of fused-ring (bicyclic) bond motifs is 1. The second-order valence-corrected chi connectivity index (χ2v) is 6.25. The molecule has 1 atom stereocenters. The quantitative estimate of drug-likeness (QED) is 0.821. The van der Waals surface area contributed by atoms with Crippen LogP contribution in [-0.2, 0) is 24.3 Å². The lowest BCUT2D eigenvalue weighted by Gasteiger charge is -2.36. The van der Waals surface area contributed by atoms with Gasteiger partial charge in [-0.05, 0) is 18.6 Å². The molecule has 3 heterocycles. The maximum absolute atomic E-state index is 12.6. The highest BCUT2D eigenvalue weighted by Crippen LogP contribution is 2.29. The van der Waals surface area contributed by atoms with Gasteiger partial charge in [0, 0.05) is 46.0 Å². The first kappa shape index (κ1) is 17.3. The summed E-state index contributed by atoms with van der Waals surface area (Å²) in [6, 6.07) is 3.59. The van der Waals surface area contributed by atoms with Crippen LogP contribution in [0, 0.1) is 0 Å². The van der Waals surface area contributed by atoms with Gasteiger partial charge < -0.3 is 14.5 Å². The highest BCUT2D eigenvalue weighted by Gasteiger charge is 2.35. The Morgan fingerprint density at radius 1 is 1.44 bits per heavy atom. The van der Waals surface area contributed by atoms with Crippen molar-refractivity contribution in [2.45, 2.75) is 32.5 Å². The molecule has 0 saturated carbocycles. The van der Waals surface area contributed by atoms with Gasteiger partial charge in [0.2, 0.25) is 0 Å². The molecule has 1 aliphatic rings. The Balaban J connectivity index is 1.77. The summed E-state index contributed by atoms with van der Waals surface area (Å²) in [6.07, 6.45) is 4.27. The maximum Gasteiger partial charge on any atom is 0.320 e. The van der Waals surface area contributed by atoms with Gasteiger partial charge in [-0.25, -0.2) is 9.48 Å². The topological polar surface area (TPSA) is 76.4 Å². The monoisotopic (exact) mass is 344 g/mol. The Hall–Kier alpha value is -2.48. The SMILES string of the molecule is CCn1nnc2c1CCN(C(=O)N(C)C)C2COCc1cccnc1. The minimum absolute atomic E-state index is 0.0355. The third kappa shape index (κ3) is 3.63. The highest BCUT2D eigenvalue weighted by molar-refractivity contribution is 5.74. The van der Waals surface area contributed by atoms with E-state index in [1.165, 1.54) is 0 Å². The smallest absolute Gasteiger partial charge is 0.320 e. The summed E-state index contributed by atoms with van der Waals surface area (Å²) in [5.74, 6) is 0. The molecule has 0 radical (unpaired) electrons. The van der Waals surface area contributed by atoms with Crippen LogP contribution in [0.4, 0.5) is 4.79 Å². The van der Waals surface area contributed by atoms with E-state index in [1.807, 2.05) is 28.6 Å². The molecule has 2 aromatic rings. The van der Waals surface area contributed by atoms with Gasteiger partial charge >= 0.3 is 6.03 Å². The Labute approximate surface area is 147 Å². The summed E-state index contributed by atoms with van der Waals surface area (Å²) in [5, 5.41) is 8.56. The number of carbonyl (C=O) groups is 1. The lowest BCUT2D eigenvalue weighted by Crippen LogP contribution is -2.46. The molecule has 0 N–H and O–H groups in total. The van der Waals surface area contributed by atoms with Crippen molar-refractivity contribution in [3.63, 3.8) is 0 Å². The summed E-state index contributed by atoms with van der Waals surface area (Å²) < 4.78 is 7.79. The lowest BCUT2D eigenvalue weighted by molar-refractivity contribution is 0.0502. The van der Waals surface area contributed by atoms with E-state index < -0.39 is 0 Å². The number of urea groups is 1. The molecule has 2 aromatic heterocycles. The van der Waals surface area contributed by atoms with Gasteiger partial charge in [0.25, 0.3) is 0 Å². The Morgan fingerprint density at radius 2 is 2.28 bits per heavy atom. The number of pyridine rings is 1. The van der Waals surface area contributed by atoms with Gasteiger partial charge in [-0.3, -0.25) is 4.98 Å². The fraction of sp³-hybridized carbons (Fsp3) is 0.529. The largest absolute Gasteiger partial charge is 0.374 e. The van der Waals surface area contributed by atoms with Crippen LogP contribution in [0.15, 0.2) is 24.5 Å². The van der Waals surface area contributed by atoms with Gasteiger partial charge in [-0.15, -0.1) is 5.10 Å². The molecule has 1 aliphatic heterocycles. The van der Waals surface area contributed by atoms with Crippen molar-refractivity contribution < 1.29 is 9.53 Å². The number of carbonyl (C=O) groups excluding carboxylic acids is 1. The third-order valence-electron chi connectivity index (χ3n) is 4.34. The van der Waals surface area contributed by atoms with Crippen LogP contribution in [0.3, 0.4) is 0 Å². The van der Waals surface area contributed by atoms with E-state index in [0.29, 0.717) is 19.8 Å². The predicted molar refractivity (Wildman–Crippen MR) is 91.8 cm³/mol. The van der Waals surface area contributed by atoms with E-state index in [1.54, 1.807) is 31.4 Å². The van der Waals surface area contributed by atoms with E-state index in [4.69, 9.17) is 4.74 Å². The fourth-order valence-electron chi connectivity index (χ4n) is 3.07. The second-order valence-electron chi connectivity index (χ2n) is 6.25. The van der Waals surface area contributed by atoms with Crippen molar-refractivity contribution >= 4 is 6.03 Å². The van der Waals surface area contributed by atoms with Gasteiger partial charge in [-0.2, -0.15) is 0 Å². The van der Waals surface area contributed by atoms with Crippen LogP contribution in [0.1, 0.15) is 29.9 Å². The minimum Gasteiger partial charge on any atom is -0.374 e. The number of aromatic nitrogens is 4. The number of ether oxygens (including phenoxy) is 1. The Morgan fingerprint density at radius 3 is 2.96 bits per heavy atom. The first-order valence-electron chi connectivity index (χ1n) is 8.48. The molecule has 3 rings (SSSR count). The summed E-state index contributed by atoms with van der Waals surface area (Å²) in [4.78, 5) is 20.1. The molecule has 0 aliphatic carbocycles. The lowest BCUT2D eigenvalue weighted by atomic mass is 10.0. The molecule has 1 unspecified atom stereocenters. The van der Waals surface area contributed by atoms with Crippen LogP contribution in [-0.4, -0.2) is 63.1 Å². The molecular formula is C17H24N6O2. The molecule has 0 fully saturated rings. The molecule has 8 heteroatoms. The predicted octanol–water partition coefficient (Wildman–Crippen LogP) is 1.49. The molecule has 0 saturated heterocycles. The van der Waals surface area contributed by atoms with Crippen molar-refractivity contribution in [1.29, 1.82) is 0 Å². The summed E-state index contributed by atoms with van der Waals surface area (Å²) in [6.45, 7) is 4.28. The van der Waals surface area contributed by atoms with Crippen molar-refractivity contribution in [3.8, 4) is 0 Å². The fourth-order valence-corrected chi connectivity index (χ4v) is 3.07. The number of rotatable bonds is 5. The van der Waals surface area contributed by atoms with E-state index in [-0.39, 0.29) is 12.1 Å². The van der Waals surface area contributed by atoms with Crippen LogP contribution in [0.25, 0.3) is 0 Å². The standard InChI is InChI=1S/C17H24N6O2/c1-4-23-14-7-9-22(17(24)21(2)3)15(16(14)19-20-23)12-25-11-13-6-5-8-18-10-13/h5-6,8,10,15H,4,7,9,11-12H2,1-3H3. The molecule has 8 nitrogen and oxygen atoms in total. The molecule has 0 bridgehead atoms. The van der Waals surface area contributed by atoms with Crippen molar-refractivity contribution in [1.82, 2.24) is 29.8 Å². The molecular weight excluding hydrogens is 320 g/mol. The van der Waals surface area contributed by atoms with Crippen LogP contribution in [0.5, 0.6) is 0 Å². The van der Waals surface area contributed by atoms with E-state index in [2.05, 4.69) is 15.3 Å². The molecule has 2 amide bonds. The first-order valence-corrected chi connectivity index (χ1v) is 8.48. The molecule has 25 heavy (non-hydrogen) atoms. The van der Waals surface area contributed by atoms with E-state index in [0.717, 1.165) is 29.9 Å². The maximum atomic E-state index is 12.6. The second kappa shape index (κ2) is 7.60. The van der Waals surface area contributed by atoms with Crippen LogP contribution >= 0.6 is 0 Å². The number of nitrogens with zero attached hydrogens (tertiary/aromatic N) is 6. The van der Waals surface area contributed by atoms with Crippen LogP contribution < -0.4 is 0 Å². The Kier molecular flexibility index (Phi) is 5.28. The highest BCUT2D eigenvalue weighted by atomic mass is 16.5. The molecule has 0 spiro atoms. The third-order valence-corrected chi connectivity index (χ3v) is 4.34. The number of hydrogen-bond donors (Lipinski definition) is 0. The Bertz CT molecular complexity index is 715. The first-order chi connectivity index (χ1) is 12.1. The summed E-state index contributed by atoms with van der Waals surface area (Å²) in [5.41, 5.74) is 2.94. The van der Waals surface area contributed by atoms with E-state index >= 15 is 0 Å². The van der Waals surface area contributed by atoms with Gasteiger partial charge in [0.05, 0.1) is 18.9 Å². The summed E-state index contributed by atoms with van der Waals surface area (Å²) in [7, 11) is 3.52. The van der Waals surface area contributed by atoms with Crippen molar-refractivity contribution in [3.05, 3.63) is 41.5 Å². The average molecular weight is 344 g/mol. The zero-order valence-electron chi connectivity index (χ0n) is 14.9. The van der Waals surface area contributed by atoms with Crippen LogP contribution in [0.2, 0.25) is 0 Å². The molecule has 0 aromatic carbocycles. The molecule has 134 valence electrons. The normalized spacial score (nSPS) is 16.6. The van der Waals surface area contributed by atoms with Gasteiger partial charge in [-0.1, -0.05) is 11.3 Å². The van der Waals surface area contributed by atoms with E-state index in [9.17, 15) is 4.79 Å². The number of aryl methyl sites for hydroxylation is 1. The number of hydrogen-bond acceptors (Lipinski definition) is 5. The van der Waals surface area contributed by atoms with Gasteiger partial charge in [0.15, 0.2) is 0 Å². The zero-order valence-corrected chi connectivity index (χ0v) is 14.9. The van der Waals surface area contributed by atoms with Gasteiger partial charge in [0.1, 0.15) is 11.7 Å². The summed E-state index contributed by atoms with van der Waals surface area (Å²) >= 11 is 0. The zero-order chi connectivity index (χ0) is 17.8. The minimum atomic E-state index is -0.226. The van der Waals surface area contributed by atoms with Crippen molar-refractivity contribution in [2.24, 2.45) is 0 Å². The average Bonchev–Trinajstić information content (AvgIpc) is 3.05. The number of amides is 2. The van der Waals surface area contributed by atoms with Crippen molar-refractivity contribution in [2.75, 3.05) is 27.2 Å².